The van der Waals surface area contributed by atoms with Gasteiger partial charge in [0.2, 0.25) is 0 Å². The Hall–Kier alpha value is -0.120. The third-order valence-corrected chi connectivity index (χ3v) is 3.14. The molecule has 3 heteroatoms. The summed E-state index contributed by atoms with van der Waals surface area (Å²) in [5, 5.41) is 0. The molecule has 1 heterocycles. The minimum atomic E-state index is -0.0194. The van der Waals surface area contributed by atoms with Gasteiger partial charge in [-0.3, -0.25) is 4.90 Å². The van der Waals surface area contributed by atoms with Gasteiger partial charge in [0.15, 0.2) is 0 Å². The van der Waals surface area contributed by atoms with Crippen LogP contribution >= 0.6 is 0 Å². The predicted molar refractivity (Wildman–Crippen MR) is 76.0 cm³/mol. The zero-order valence-electron chi connectivity index (χ0n) is 12.9. The van der Waals surface area contributed by atoms with E-state index in [0.717, 1.165) is 51.6 Å². The maximum Gasteiger partial charge on any atom is 0.0721 e. The van der Waals surface area contributed by atoms with E-state index in [9.17, 15) is 0 Å². The Morgan fingerprint density at radius 3 is 2.56 bits per heavy atom. The van der Waals surface area contributed by atoms with Gasteiger partial charge in [-0.05, 0) is 39.5 Å². The highest BCUT2D eigenvalue weighted by molar-refractivity contribution is 4.78. The normalized spacial score (nSPS) is 22.0. The Kier molecular flexibility index (Phi) is 6.61. The molecule has 0 radical (unpaired) electrons. The molecule has 0 aromatic rings. The summed E-state index contributed by atoms with van der Waals surface area (Å²) in [5.41, 5.74) is -0.0194. The van der Waals surface area contributed by atoms with Gasteiger partial charge in [-0.1, -0.05) is 13.8 Å². The number of hydrogen-bond acceptors (Lipinski definition) is 3. The van der Waals surface area contributed by atoms with E-state index in [1.54, 1.807) is 0 Å². The van der Waals surface area contributed by atoms with Crippen molar-refractivity contribution in [2.45, 2.75) is 59.2 Å². The van der Waals surface area contributed by atoms with Crippen molar-refractivity contribution in [3.63, 3.8) is 0 Å². The fourth-order valence-electron chi connectivity index (χ4n) is 2.21. The third-order valence-electron chi connectivity index (χ3n) is 3.14. The van der Waals surface area contributed by atoms with E-state index in [-0.39, 0.29) is 5.60 Å². The molecule has 3 nitrogen and oxygen atoms in total. The number of ether oxygens (including phenoxy) is 2. The predicted octanol–water partition coefficient (Wildman–Crippen LogP) is 2.94. The highest BCUT2D eigenvalue weighted by atomic mass is 16.5. The van der Waals surface area contributed by atoms with E-state index in [2.05, 4.69) is 39.5 Å². The quantitative estimate of drug-likeness (QED) is 0.655. The molecule has 0 amide bonds. The Labute approximate surface area is 113 Å². The number of rotatable bonds is 7. The molecule has 18 heavy (non-hydrogen) atoms. The molecule has 1 rings (SSSR count). The Bertz CT molecular complexity index is 223. The van der Waals surface area contributed by atoms with Gasteiger partial charge in [-0.15, -0.1) is 0 Å². The van der Waals surface area contributed by atoms with Gasteiger partial charge in [0.05, 0.1) is 18.3 Å². The molecule has 0 aromatic carbocycles. The second-order valence-corrected chi connectivity index (χ2v) is 6.74. The van der Waals surface area contributed by atoms with Crippen molar-refractivity contribution in [1.29, 1.82) is 0 Å². The molecular formula is C15H31NO2. The lowest BCUT2D eigenvalue weighted by Gasteiger charge is -2.25. The van der Waals surface area contributed by atoms with E-state index in [1.807, 2.05) is 0 Å². The maximum atomic E-state index is 6.01. The van der Waals surface area contributed by atoms with Crippen LogP contribution < -0.4 is 0 Å². The molecule has 0 N–H and O–H groups in total. The van der Waals surface area contributed by atoms with Crippen molar-refractivity contribution in [3.8, 4) is 0 Å². The molecule has 1 unspecified atom stereocenters. The third kappa shape index (κ3) is 7.34. The van der Waals surface area contributed by atoms with Crippen LogP contribution in [0.2, 0.25) is 0 Å². The van der Waals surface area contributed by atoms with Crippen LogP contribution in [0.1, 0.15) is 47.5 Å². The number of hydrogen-bond donors (Lipinski definition) is 0. The summed E-state index contributed by atoms with van der Waals surface area (Å²) < 4.78 is 11.7. The first-order valence-corrected chi connectivity index (χ1v) is 7.35. The zero-order valence-corrected chi connectivity index (χ0v) is 12.9. The second kappa shape index (κ2) is 7.46. The summed E-state index contributed by atoms with van der Waals surface area (Å²) >= 11 is 0. The first-order chi connectivity index (χ1) is 8.37. The number of nitrogens with zero attached hydrogens (tertiary/aromatic N) is 1. The van der Waals surface area contributed by atoms with Gasteiger partial charge in [-0.2, -0.15) is 0 Å². The average Bonchev–Trinajstić information content (AvgIpc) is 2.62. The molecule has 1 saturated heterocycles. The maximum absolute atomic E-state index is 6.01. The average molecular weight is 257 g/mol. The van der Waals surface area contributed by atoms with Gasteiger partial charge in [0, 0.05) is 26.2 Å². The van der Waals surface area contributed by atoms with E-state index >= 15 is 0 Å². The minimum Gasteiger partial charge on any atom is -0.380 e. The molecule has 1 aliphatic heterocycles. The summed E-state index contributed by atoms with van der Waals surface area (Å²) in [4.78, 5) is 2.45. The number of likely N-dealkylation sites (tertiary alicyclic amines) is 1. The van der Waals surface area contributed by atoms with Crippen molar-refractivity contribution in [3.05, 3.63) is 0 Å². The van der Waals surface area contributed by atoms with Gasteiger partial charge in [0.25, 0.3) is 0 Å². The molecule has 0 bridgehead atoms. The zero-order chi connectivity index (χ0) is 13.6. The van der Waals surface area contributed by atoms with Crippen LogP contribution in [0.25, 0.3) is 0 Å². The first-order valence-electron chi connectivity index (χ1n) is 7.35. The highest BCUT2D eigenvalue weighted by Gasteiger charge is 2.26. The molecule has 0 saturated carbocycles. The van der Waals surface area contributed by atoms with Crippen molar-refractivity contribution in [2.75, 3.05) is 32.8 Å². The van der Waals surface area contributed by atoms with Crippen LogP contribution in [0.5, 0.6) is 0 Å². The summed E-state index contributed by atoms with van der Waals surface area (Å²) in [6, 6.07) is 0. The lowest BCUT2D eigenvalue weighted by molar-refractivity contribution is -0.0544. The Morgan fingerprint density at radius 1 is 1.22 bits per heavy atom. The Balaban J connectivity index is 2.04. The van der Waals surface area contributed by atoms with E-state index in [4.69, 9.17) is 9.47 Å². The van der Waals surface area contributed by atoms with Crippen molar-refractivity contribution in [1.82, 2.24) is 4.90 Å². The van der Waals surface area contributed by atoms with Crippen LogP contribution in [0.3, 0.4) is 0 Å². The topological polar surface area (TPSA) is 21.7 Å². The highest BCUT2D eigenvalue weighted by Crippen LogP contribution is 2.19. The molecular weight excluding hydrogens is 226 g/mol. The van der Waals surface area contributed by atoms with Crippen LogP contribution in [0, 0.1) is 5.92 Å². The molecule has 1 fully saturated rings. The van der Waals surface area contributed by atoms with Gasteiger partial charge < -0.3 is 9.47 Å². The van der Waals surface area contributed by atoms with E-state index in [0.29, 0.717) is 6.10 Å². The summed E-state index contributed by atoms with van der Waals surface area (Å²) in [6.45, 7) is 15.9. The SMILES string of the molecule is CC(C)CCOCCN1CCC(OC(C)(C)C)C1. The Morgan fingerprint density at radius 2 is 1.94 bits per heavy atom. The minimum absolute atomic E-state index is 0.0194. The molecule has 108 valence electrons. The lowest BCUT2D eigenvalue weighted by atomic mass is 10.1. The largest absolute Gasteiger partial charge is 0.380 e. The van der Waals surface area contributed by atoms with E-state index < -0.39 is 0 Å². The summed E-state index contributed by atoms with van der Waals surface area (Å²) in [7, 11) is 0. The lowest BCUT2D eigenvalue weighted by Crippen LogP contribution is -2.31. The van der Waals surface area contributed by atoms with E-state index in [1.165, 1.54) is 0 Å². The van der Waals surface area contributed by atoms with Crippen molar-refractivity contribution < 1.29 is 9.47 Å². The van der Waals surface area contributed by atoms with Crippen LogP contribution in [0.15, 0.2) is 0 Å². The smallest absolute Gasteiger partial charge is 0.0721 e. The molecule has 0 aliphatic carbocycles. The van der Waals surface area contributed by atoms with Gasteiger partial charge >= 0.3 is 0 Å². The monoisotopic (exact) mass is 257 g/mol. The van der Waals surface area contributed by atoms with Gasteiger partial charge in [0.1, 0.15) is 0 Å². The molecule has 1 aliphatic rings. The summed E-state index contributed by atoms with van der Waals surface area (Å²) in [5.74, 6) is 0.737. The summed E-state index contributed by atoms with van der Waals surface area (Å²) in [6.07, 6.45) is 2.72. The second-order valence-electron chi connectivity index (χ2n) is 6.74. The molecule has 0 aromatic heterocycles. The van der Waals surface area contributed by atoms with Crippen LogP contribution in [0.4, 0.5) is 0 Å². The van der Waals surface area contributed by atoms with Crippen molar-refractivity contribution >= 4 is 0 Å². The van der Waals surface area contributed by atoms with Crippen LogP contribution in [-0.2, 0) is 9.47 Å². The first kappa shape index (κ1) is 15.9. The fraction of sp³-hybridized carbons (Fsp3) is 1.00. The fourth-order valence-corrected chi connectivity index (χ4v) is 2.21. The van der Waals surface area contributed by atoms with Gasteiger partial charge in [-0.25, -0.2) is 0 Å². The molecule has 1 atom stereocenters. The molecule has 0 spiro atoms. The van der Waals surface area contributed by atoms with Crippen molar-refractivity contribution in [2.24, 2.45) is 5.92 Å². The van der Waals surface area contributed by atoms with Crippen LogP contribution in [-0.4, -0.2) is 49.5 Å². The standard InChI is InChI=1S/C15H31NO2/c1-13(2)7-10-17-11-9-16-8-6-14(12-16)18-15(3,4)5/h13-14H,6-12H2,1-5H3.